The van der Waals surface area contributed by atoms with Gasteiger partial charge in [-0.05, 0) is 37.5 Å². The van der Waals surface area contributed by atoms with Crippen LogP contribution in [0.4, 0.5) is 5.69 Å². The van der Waals surface area contributed by atoms with Crippen LogP contribution in [-0.2, 0) is 0 Å². The van der Waals surface area contributed by atoms with Gasteiger partial charge in [0, 0.05) is 29.9 Å². The second-order valence-electron chi connectivity index (χ2n) is 4.57. The van der Waals surface area contributed by atoms with E-state index in [4.69, 9.17) is 16.9 Å². The van der Waals surface area contributed by atoms with Crippen molar-refractivity contribution in [3.63, 3.8) is 0 Å². The number of rotatable bonds is 2. The predicted octanol–water partition coefficient (Wildman–Crippen LogP) is 1.18. The number of amidine groups is 1. The molecule has 0 spiro atoms. The maximum atomic E-state index is 12.3. The summed E-state index contributed by atoms with van der Waals surface area (Å²) in [5.41, 5.74) is 12.6. The Bertz CT molecular complexity index is 478. The number of carbonyl (C=O) groups is 1. The van der Waals surface area contributed by atoms with Gasteiger partial charge in [0.15, 0.2) is 0 Å². The molecule has 1 aliphatic rings. The van der Waals surface area contributed by atoms with Crippen LogP contribution >= 0.6 is 0 Å². The number of hydrogen-bond donors (Lipinski definition) is 3. The highest BCUT2D eigenvalue weighted by Crippen LogP contribution is 2.17. The van der Waals surface area contributed by atoms with Gasteiger partial charge in [0.1, 0.15) is 5.84 Å². The van der Waals surface area contributed by atoms with E-state index in [1.165, 1.54) is 6.42 Å². The highest BCUT2D eigenvalue weighted by atomic mass is 16.2. The minimum atomic E-state index is -0.110. The van der Waals surface area contributed by atoms with E-state index in [0.717, 1.165) is 25.9 Å². The zero-order chi connectivity index (χ0) is 13.1. The molecule has 1 aromatic rings. The number of hydrogen-bond acceptors (Lipinski definition) is 3. The average molecular weight is 246 g/mol. The fraction of sp³-hybridized carbons (Fsp3) is 0.385. The molecular weight excluding hydrogens is 228 g/mol. The average Bonchev–Trinajstić information content (AvgIpc) is 2.39. The molecule has 1 amide bonds. The van der Waals surface area contributed by atoms with Crippen LogP contribution in [0, 0.1) is 5.41 Å². The number of likely N-dealkylation sites (tertiary alicyclic amines) is 1. The molecule has 18 heavy (non-hydrogen) atoms. The smallest absolute Gasteiger partial charge is 0.253 e. The predicted molar refractivity (Wildman–Crippen MR) is 71.6 cm³/mol. The van der Waals surface area contributed by atoms with Crippen molar-refractivity contribution in [1.29, 1.82) is 5.41 Å². The van der Waals surface area contributed by atoms with Gasteiger partial charge in [0.05, 0.1) is 0 Å². The van der Waals surface area contributed by atoms with E-state index in [-0.39, 0.29) is 11.7 Å². The van der Waals surface area contributed by atoms with Gasteiger partial charge >= 0.3 is 0 Å². The summed E-state index contributed by atoms with van der Waals surface area (Å²) >= 11 is 0. The fourth-order valence-electron chi connectivity index (χ4n) is 2.20. The summed E-state index contributed by atoms with van der Waals surface area (Å²) in [5, 5.41) is 7.43. The summed E-state index contributed by atoms with van der Waals surface area (Å²) in [4.78, 5) is 14.1. The Balaban J connectivity index is 2.24. The minimum absolute atomic E-state index is 0.00259. The highest BCUT2D eigenvalue weighted by Gasteiger charge is 2.19. The first kappa shape index (κ1) is 12.4. The van der Waals surface area contributed by atoms with Crippen LogP contribution in [0.15, 0.2) is 18.2 Å². The third kappa shape index (κ3) is 2.45. The van der Waals surface area contributed by atoms with E-state index in [2.05, 4.69) is 0 Å². The van der Waals surface area contributed by atoms with E-state index in [0.29, 0.717) is 16.8 Å². The van der Waals surface area contributed by atoms with Crippen molar-refractivity contribution in [2.45, 2.75) is 19.3 Å². The van der Waals surface area contributed by atoms with Crippen LogP contribution < -0.4 is 11.5 Å². The molecule has 1 fully saturated rings. The first-order chi connectivity index (χ1) is 8.59. The van der Waals surface area contributed by atoms with Crippen molar-refractivity contribution in [1.82, 2.24) is 4.90 Å². The number of nitrogens with one attached hydrogen (secondary N) is 1. The molecule has 5 nitrogen and oxygen atoms in total. The third-order valence-corrected chi connectivity index (χ3v) is 3.23. The standard InChI is InChI=1S/C13H18N4O/c14-11-5-4-9(8-10(11)12(15)16)13(18)17-6-2-1-3-7-17/h4-5,8H,1-3,6-7,14H2,(H3,15,16). The van der Waals surface area contributed by atoms with Gasteiger partial charge in [0.2, 0.25) is 0 Å². The minimum Gasteiger partial charge on any atom is -0.398 e. The SMILES string of the molecule is N=C(N)c1cc(C(=O)N2CCCCC2)ccc1N. The van der Waals surface area contributed by atoms with Crippen molar-refractivity contribution >= 4 is 17.4 Å². The van der Waals surface area contributed by atoms with Crippen molar-refractivity contribution < 1.29 is 4.79 Å². The van der Waals surface area contributed by atoms with Crippen LogP contribution in [0.5, 0.6) is 0 Å². The van der Waals surface area contributed by atoms with Crippen LogP contribution in [-0.4, -0.2) is 29.7 Å². The van der Waals surface area contributed by atoms with E-state index in [1.54, 1.807) is 18.2 Å². The molecule has 96 valence electrons. The summed E-state index contributed by atoms with van der Waals surface area (Å²) in [5.74, 6) is -0.113. The first-order valence-corrected chi connectivity index (χ1v) is 6.13. The lowest BCUT2D eigenvalue weighted by Crippen LogP contribution is -2.35. The number of amides is 1. The lowest BCUT2D eigenvalue weighted by atomic mass is 10.1. The molecule has 0 unspecified atom stereocenters. The molecule has 2 rings (SSSR count). The summed E-state index contributed by atoms with van der Waals surface area (Å²) in [7, 11) is 0. The van der Waals surface area contributed by atoms with Gasteiger partial charge in [-0.2, -0.15) is 0 Å². The van der Waals surface area contributed by atoms with Gasteiger partial charge in [0.25, 0.3) is 5.91 Å². The number of nitrogens with zero attached hydrogens (tertiary/aromatic N) is 1. The fourth-order valence-corrected chi connectivity index (χ4v) is 2.20. The summed E-state index contributed by atoms with van der Waals surface area (Å²) in [6, 6.07) is 4.93. The molecule has 1 aliphatic heterocycles. The molecule has 0 aliphatic carbocycles. The molecule has 0 aromatic heterocycles. The second-order valence-corrected chi connectivity index (χ2v) is 4.57. The molecule has 0 saturated carbocycles. The van der Waals surface area contributed by atoms with E-state index >= 15 is 0 Å². The first-order valence-electron chi connectivity index (χ1n) is 6.13. The quantitative estimate of drug-likeness (QED) is 0.415. The van der Waals surface area contributed by atoms with Gasteiger partial charge in [-0.15, -0.1) is 0 Å². The summed E-state index contributed by atoms with van der Waals surface area (Å²) < 4.78 is 0. The maximum absolute atomic E-state index is 12.3. The largest absolute Gasteiger partial charge is 0.398 e. The number of piperidine rings is 1. The normalized spacial score (nSPS) is 15.4. The Kier molecular flexibility index (Phi) is 3.50. The molecule has 1 heterocycles. The third-order valence-electron chi connectivity index (χ3n) is 3.23. The molecule has 1 aromatic carbocycles. The van der Waals surface area contributed by atoms with Crippen LogP contribution in [0.2, 0.25) is 0 Å². The van der Waals surface area contributed by atoms with E-state index < -0.39 is 0 Å². The Morgan fingerprint density at radius 3 is 2.50 bits per heavy atom. The second kappa shape index (κ2) is 5.08. The van der Waals surface area contributed by atoms with Gasteiger partial charge < -0.3 is 16.4 Å². The highest BCUT2D eigenvalue weighted by molar-refractivity contribution is 6.03. The van der Waals surface area contributed by atoms with Crippen molar-refractivity contribution in [3.05, 3.63) is 29.3 Å². The molecular formula is C13H18N4O. The molecule has 5 N–H and O–H groups in total. The Morgan fingerprint density at radius 1 is 1.22 bits per heavy atom. The Labute approximate surface area is 106 Å². The van der Waals surface area contributed by atoms with Crippen molar-refractivity contribution in [3.8, 4) is 0 Å². The summed E-state index contributed by atoms with van der Waals surface area (Å²) in [6.07, 6.45) is 3.30. The zero-order valence-corrected chi connectivity index (χ0v) is 10.3. The summed E-state index contributed by atoms with van der Waals surface area (Å²) in [6.45, 7) is 1.61. The van der Waals surface area contributed by atoms with Gasteiger partial charge in [-0.3, -0.25) is 10.2 Å². The number of carbonyl (C=O) groups excluding carboxylic acids is 1. The Morgan fingerprint density at radius 2 is 1.89 bits per heavy atom. The number of nitrogen functional groups attached to an aromatic ring is 2. The van der Waals surface area contributed by atoms with Crippen LogP contribution in [0.25, 0.3) is 0 Å². The van der Waals surface area contributed by atoms with E-state index in [1.807, 2.05) is 4.90 Å². The van der Waals surface area contributed by atoms with Crippen LogP contribution in [0.3, 0.4) is 0 Å². The van der Waals surface area contributed by atoms with Gasteiger partial charge in [-0.25, -0.2) is 0 Å². The van der Waals surface area contributed by atoms with Crippen molar-refractivity contribution in [2.75, 3.05) is 18.8 Å². The molecule has 0 radical (unpaired) electrons. The topological polar surface area (TPSA) is 96.2 Å². The number of nitrogens with two attached hydrogens (primary N) is 2. The van der Waals surface area contributed by atoms with Crippen LogP contribution in [0.1, 0.15) is 35.2 Å². The molecule has 0 atom stereocenters. The number of benzene rings is 1. The van der Waals surface area contributed by atoms with Crippen molar-refractivity contribution in [2.24, 2.45) is 5.73 Å². The molecule has 0 bridgehead atoms. The zero-order valence-electron chi connectivity index (χ0n) is 10.3. The monoisotopic (exact) mass is 246 g/mol. The molecule has 5 heteroatoms. The van der Waals surface area contributed by atoms with Gasteiger partial charge in [-0.1, -0.05) is 0 Å². The maximum Gasteiger partial charge on any atom is 0.253 e. The van der Waals surface area contributed by atoms with E-state index in [9.17, 15) is 4.79 Å². The Hall–Kier alpha value is -2.04. The lowest BCUT2D eigenvalue weighted by molar-refractivity contribution is 0.0724. The number of anilines is 1. The molecule has 1 saturated heterocycles. The lowest BCUT2D eigenvalue weighted by Gasteiger charge is -2.27.